The molecule has 0 spiro atoms. The topological polar surface area (TPSA) is 95.8 Å². The summed E-state index contributed by atoms with van der Waals surface area (Å²) in [7, 11) is 1.60. The van der Waals surface area contributed by atoms with E-state index in [4.69, 9.17) is 4.74 Å². The van der Waals surface area contributed by atoms with Gasteiger partial charge in [-0.1, -0.05) is 12.1 Å². The van der Waals surface area contributed by atoms with Gasteiger partial charge >= 0.3 is 5.97 Å². The molecule has 0 bridgehead atoms. The Kier molecular flexibility index (Phi) is 4.61. The van der Waals surface area contributed by atoms with Crippen molar-refractivity contribution in [1.82, 2.24) is 10.2 Å². The van der Waals surface area contributed by atoms with Crippen molar-refractivity contribution in [1.29, 1.82) is 0 Å². The number of benzene rings is 1. The van der Waals surface area contributed by atoms with Crippen LogP contribution in [0.5, 0.6) is 5.75 Å². The minimum Gasteiger partial charge on any atom is -0.496 e. The van der Waals surface area contributed by atoms with Gasteiger partial charge in [-0.25, -0.2) is 0 Å². The van der Waals surface area contributed by atoms with Gasteiger partial charge in [0.25, 0.3) is 0 Å². The Morgan fingerprint density at radius 3 is 2.71 bits per heavy atom. The van der Waals surface area contributed by atoms with E-state index in [2.05, 4.69) is 10.2 Å². The normalized spacial score (nSPS) is 20.7. The number of rotatable bonds is 4. The number of carboxylic acid groups (broad SMARTS) is 1. The highest BCUT2D eigenvalue weighted by Gasteiger charge is 2.33. The van der Waals surface area contributed by atoms with Gasteiger partial charge in [-0.3, -0.25) is 4.79 Å². The molecular weight excluding hydrogens is 310 g/mol. The molecule has 0 aliphatic carbocycles. The fourth-order valence-corrected chi connectivity index (χ4v) is 2.88. The number of para-hydroxylation sites is 1. The Hall–Kier alpha value is -2.67. The van der Waals surface area contributed by atoms with Gasteiger partial charge < -0.3 is 19.8 Å². The van der Waals surface area contributed by atoms with Crippen LogP contribution in [-0.4, -0.2) is 52.7 Å². The van der Waals surface area contributed by atoms with Crippen LogP contribution in [0.3, 0.4) is 0 Å². The van der Waals surface area contributed by atoms with E-state index < -0.39 is 18.0 Å². The maximum absolute atomic E-state index is 11.2. The summed E-state index contributed by atoms with van der Waals surface area (Å²) in [4.78, 5) is 13.1. The molecule has 24 heavy (non-hydrogen) atoms. The largest absolute Gasteiger partial charge is 0.496 e. The van der Waals surface area contributed by atoms with E-state index in [9.17, 15) is 15.0 Å². The van der Waals surface area contributed by atoms with E-state index >= 15 is 0 Å². The molecule has 2 aromatic rings. The quantitative estimate of drug-likeness (QED) is 0.876. The predicted octanol–water partition coefficient (Wildman–Crippen LogP) is 1.42. The van der Waals surface area contributed by atoms with E-state index in [1.807, 2.05) is 41.3 Å². The number of aromatic nitrogens is 2. The molecule has 0 unspecified atom stereocenters. The molecule has 1 aliphatic rings. The number of piperidine rings is 1. The van der Waals surface area contributed by atoms with Crippen LogP contribution in [0.25, 0.3) is 11.3 Å². The Labute approximate surface area is 139 Å². The van der Waals surface area contributed by atoms with Gasteiger partial charge in [0.2, 0.25) is 0 Å². The molecule has 126 valence electrons. The zero-order valence-corrected chi connectivity index (χ0v) is 13.3. The number of methoxy groups -OCH3 is 1. The van der Waals surface area contributed by atoms with Crippen molar-refractivity contribution in [2.24, 2.45) is 5.92 Å². The summed E-state index contributed by atoms with van der Waals surface area (Å²) in [6.45, 7) is 0.771. The summed E-state index contributed by atoms with van der Waals surface area (Å²) in [5.74, 6) is -0.487. The molecule has 1 saturated heterocycles. The summed E-state index contributed by atoms with van der Waals surface area (Å²) in [5, 5.41) is 27.4. The third-order valence-corrected chi connectivity index (χ3v) is 4.25. The first-order valence-corrected chi connectivity index (χ1v) is 7.73. The average molecular weight is 329 g/mol. The molecule has 0 radical (unpaired) electrons. The summed E-state index contributed by atoms with van der Waals surface area (Å²) in [6, 6.07) is 11.2. The zero-order valence-electron chi connectivity index (χ0n) is 13.3. The Bertz CT molecular complexity index is 720. The second-order valence-corrected chi connectivity index (χ2v) is 5.72. The van der Waals surface area contributed by atoms with Gasteiger partial charge in [-0.05, 0) is 30.7 Å². The predicted molar refractivity (Wildman–Crippen MR) is 88.0 cm³/mol. The van der Waals surface area contributed by atoms with Crippen molar-refractivity contribution >= 4 is 11.8 Å². The molecule has 2 atom stereocenters. The number of anilines is 1. The minimum atomic E-state index is -0.995. The monoisotopic (exact) mass is 329 g/mol. The molecule has 2 N–H and O–H groups in total. The molecular formula is C17H19N3O4. The van der Waals surface area contributed by atoms with Gasteiger partial charge in [0, 0.05) is 18.7 Å². The molecule has 0 saturated carbocycles. The van der Waals surface area contributed by atoms with E-state index in [0.717, 1.165) is 5.56 Å². The second-order valence-electron chi connectivity index (χ2n) is 5.72. The van der Waals surface area contributed by atoms with Crippen LogP contribution in [0.15, 0.2) is 36.4 Å². The lowest BCUT2D eigenvalue weighted by Gasteiger charge is -2.34. The first-order chi connectivity index (χ1) is 11.6. The Balaban J connectivity index is 1.81. The van der Waals surface area contributed by atoms with Crippen molar-refractivity contribution in [3.63, 3.8) is 0 Å². The van der Waals surface area contributed by atoms with E-state index in [1.165, 1.54) is 0 Å². The summed E-state index contributed by atoms with van der Waals surface area (Å²) in [5.41, 5.74) is 1.53. The number of aliphatic carboxylic acids is 1. The molecule has 1 aromatic carbocycles. The first kappa shape index (κ1) is 16.2. The molecule has 2 heterocycles. The van der Waals surface area contributed by atoms with E-state index in [1.54, 1.807) is 7.11 Å². The van der Waals surface area contributed by atoms with Gasteiger partial charge in [0.05, 0.1) is 18.9 Å². The number of nitrogens with zero attached hydrogens (tertiary/aromatic N) is 3. The number of aliphatic hydroxyl groups excluding tert-OH is 1. The molecule has 1 aromatic heterocycles. The number of ether oxygens (including phenoxy) is 1. The fourth-order valence-electron chi connectivity index (χ4n) is 2.88. The highest BCUT2D eigenvalue weighted by atomic mass is 16.5. The average Bonchev–Trinajstić information content (AvgIpc) is 2.62. The molecule has 3 rings (SSSR count). The van der Waals surface area contributed by atoms with Crippen molar-refractivity contribution in [2.45, 2.75) is 12.5 Å². The third-order valence-electron chi connectivity index (χ3n) is 4.25. The Morgan fingerprint density at radius 2 is 2.04 bits per heavy atom. The number of hydrogen-bond acceptors (Lipinski definition) is 6. The second kappa shape index (κ2) is 6.84. The maximum Gasteiger partial charge on any atom is 0.310 e. The first-order valence-electron chi connectivity index (χ1n) is 7.73. The number of hydrogen-bond donors (Lipinski definition) is 2. The molecule has 1 aliphatic heterocycles. The minimum absolute atomic E-state index is 0.221. The van der Waals surface area contributed by atoms with Crippen molar-refractivity contribution < 1.29 is 19.7 Å². The van der Waals surface area contributed by atoms with Crippen LogP contribution in [-0.2, 0) is 4.79 Å². The van der Waals surface area contributed by atoms with Crippen LogP contribution in [0.4, 0.5) is 5.82 Å². The van der Waals surface area contributed by atoms with Crippen LogP contribution in [0.2, 0.25) is 0 Å². The van der Waals surface area contributed by atoms with Gasteiger partial charge in [-0.2, -0.15) is 0 Å². The molecule has 0 amide bonds. The molecule has 7 nitrogen and oxygen atoms in total. The number of carbonyl (C=O) groups is 1. The van der Waals surface area contributed by atoms with E-state index in [-0.39, 0.29) is 6.54 Å². The lowest BCUT2D eigenvalue weighted by atomic mass is 9.95. The fraction of sp³-hybridized carbons (Fsp3) is 0.353. The van der Waals surface area contributed by atoms with E-state index in [0.29, 0.717) is 30.2 Å². The van der Waals surface area contributed by atoms with Crippen LogP contribution in [0.1, 0.15) is 6.42 Å². The molecule has 1 fully saturated rings. The van der Waals surface area contributed by atoms with Gasteiger partial charge in [-0.15, -0.1) is 10.2 Å². The van der Waals surface area contributed by atoms with Crippen molar-refractivity contribution in [3.05, 3.63) is 36.4 Å². The van der Waals surface area contributed by atoms with Crippen molar-refractivity contribution in [2.75, 3.05) is 25.1 Å². The highest BCUT2D eigenvalue weighted by molar-refractivity contribution is 5.72. The summed E-state index contributed by atoms with van der Waals surface area (Å²) in [6.07, 6.45) is -0.424. The molecule has 7 heteroatoms. The lowest BCUT2D eigenvalue weighted by molar-refractivity contribution is -0.146. The Morgan fingerprint density at radius 1 is 1.25 bits per heavy atom. The maximum atomic E-state index is 11.2. The standard InChI is InChI=1S/C17H19N3O4/c1-24-15-5-3-2-4-11(15)13-6-7-16(19-18-13)20-9-8-14(21)12(10-20)17(22)23/h2-7,12,14,21H,8-10H2,1H3,(H,22,23)/t12-,14+/m1/s1. The third kappa shape index (κ3) is 3.16. The SMILES string of the molecule is COc1ccccc1-c1ccc(N2CC[C@H](O)[C@H](C(=O)O)C2)nn1. The highest BCUT2D eigenvalue weighted by Crippen LogP contribution is 2.29. The number of aliphatic hydroxyl groups is 1. The van der Waals surface area contributed by atoms with Crippen molar-refractivity contribution in [3.8, 4) is 17.0 Å². The zero-order chi connectivity index (χ0) is 17.1. The summed E-state index contributed by atoms with van der Waals surface area (Å²) < 4.78 is 5.33. The van der Waals surface area contributed by atoms with Crippen LogP contribution < -0.4 is 9.64 Å². The van der Waals surface area contributed by atoms with Gasteiger partial charge in [0.15, 0.2) is 5.82 Å². The van der Waals surface area contributed by atoms with Gasteiger partial charge in [0.1, 0.15) is 11.7 Å². The van der Waals surface area contributed by atoms with Crippen LogP contribution >= 0.6 is 0 Å². The summed E-state index contributed by atoms with van der Waals surface area (Å²) >= 11 is 0. The smallest absolute Gasteiger partial charge is 0.310 e. The van der Waals surface area contributed by atoms with Crippen LogP contribution in [0, 0.1) is 5.92 Å². The lowest BCUT2D eigenvalue weighted by Crippen LogP contribution is -2.46. The number of carboxylic acids is 1.